The van der Waals surface area contributed by atoms with Crippen LogP contribution in [0, 0.1) is 13.8 Å². The Hall–Kier alpha value is -2.40. The quantitative estimate of drug-likeness (QED) is 0.0986. The Morgan fingerprint density at radius 2 is 1.09 bits per heavy atom. The fourth-order valence-electron chi connectivity index (χ4n) is 4.45. The number of hydrogen-bond donors (Lipinski definition) is 1. The van der Waals surface area contributed by atoms with Gasteiger partial charge in [0.1, 0.15) is 24.7 Å². The second-order valence-electron chi connectivity index (χ2n) is 12.8. The van der Waals surface area contributed by atoms with Crippen molar-refractivity contribution in [1.82, 2.24) is 0 Å². The van der Waals surface area contributed by atoms with E-state index in [-0.39, 0.29) is 49.0 Å². The van der Waals surface area contributed by atoms with E-state index in [2.05, 4.69) is 53.7 Å². The highest BCUT2D eigenvalue weighted by atomic mass is 32.2. The van der Waals surface area contributed by atoms with Crippen molar-refractivity contribution < 1.29 is 38.4 Å². The highest BCUT2D eigenvalue weighted by Crippen LogP contribution is 2.38. The minimum atomic E-state index is -0.275. The van der Waals surface area contributed by atoms with Gasteiger partial charge in [-0.3, -0.25) is 9.59 Å². The van der Waals surface area contributed by atoms with Crippen LogP contribution in [0.3, 0.4) is 0 Å². The molecule has 0 heterocycles. The van der Waals surface area contributed by atoms with Crippen molar-refractivity contribution in [3.05, 3.63) is 46.5 Å². The maximum absolute atomic E-state index is 12.1. The van der Waals surface area contributed by atoms with E-state index in [0.717, 1.165) is 37.8 Å². The molecule has 45 heavy (non-hydrogen) atoms. The van der Waals surface area contributed by atoms with E-state index in [4.69, 9.17) is 23.7 Å². The molecule has 2 aromatic carbocycles. The third kappa shape index (κ3) is 13.9. The lowest BCUT2D eigenvalue weighted by Crippen LogP contribution is -2.15. The van der Waals surface area contributed by atoms with Gasteiger partial charge in [0.05, 0.1) is 46.4 Å². The standard InChI is InChI=1S/C35H52O8S2/c1-24-20-26(22-28(32(24)38)34(3,4)5)44-18-10-30(36)42-16-14-40-12-13-41-15-17-43-31(37)11-19-45-27-21-25(2)33(39-9)29(23-27)35(6,7)8/h20-23,38H,10-19H2,1-9H3. The highest BCUT2D eigenvalue weighted by molar-refractivity contribution is 7.99. The van der Waals surface area contributed by atoms with Crippen molar-refractivity contribution in [3.8, 4) is 11.5 Å². The number of carbonyl (C=O) groups is 2. The number of methoxy groups -OCH3 is 1. The van der Waals surface area contributed by atoms with E-state index in [1.807, 2.05) is 26.0 Å². The molecule has 0 saturated carbocycles. The number of phenolic OH excluding ortho intramolecular Hbond substituents is 1. The molecule has 8 nitrogen and oxygen atoms in total. The summed E-state index contributed by atoms with van der Waals surface area (Å²) >= 11 is 3.20. The Labute approximate surface area is 278 Å². The molecular weight excluding hydrogens is 613 g/mol. The number of esters is 2. The molecule has 0 atom stereocenters. The van der Waals surface area contributed by atoms with E-state index in [1.54, 1.807) is 30.6 Å². The minimum absolute atomic E-state index is 0.0454. The average molecular weight is 665 g/mol. The van der Waals surface area contributed by atoms with E-state index in [0.29, 0.717) is 43.5 Å². The second kappa shape index (κ2) is 18.7. The van der Waals surface area contributed by atoms with Gasteiger partial charge in [0.25, 0.3) is 0 Å². The Bertz CT molecular complexity index is 1250. The fourth-order valence-corrected chi connectivity index (χ4v) is 6.38. The maximum atomic E-state index is 12.1. The molecule has 0 aliphatic heterocycles. The van der Waals surface area contributed by atoms with E-state index < -0.39 is 0 Å². The van der Waals surface area contributed by atoms with Crippen molar-refractivity contribution in [3.63, 3.8) is 0 Å². The summed E-state index contributed by atoms with van der Waals surface area (Å²) in [5.74, 6) is 1.93. The van der Waals surface area contributed by atoms with E-state index >= 15 is 0 Å². The summed E-state index contributed by atoms with van der Waals surface area (Å²) in [4.78, 5) is 26.3. The molecule has 252 valence electrons. The third-order valence-corrected chi connectivity index (χ3v) is 8.80. The zero-order chi connectivity index (χ0) is 33.6. The molecule has 0 bridgehead atoms. The highest BCUT2D eigenvalue weighted by Gasteiger charge is 2.22. The summed E-state index contributed by atoms with van der Waals surface area (Å²) < 4.78 is 27.0. The van der Waals surface area contributed by atoms with Gasteiger partial charge in [0, 0.05) is 32.4 Å². The smallest absolute Gasteiger partial charge is 0.306 e. The Morgan fingerprint density at radius 3 is 1.53 bits per heavy atom. The fraction of sp³-hybridized carbons (Fsp3) is 0.600. The van der Waals surface area contributed by atoms with Gasteiger partial charge in [0.15, 0.2) is 0 Å². The average Bonchev–Trinajstić information content (AvgIpc) is 2.94. The van der Waals surface area contributed by atoms with Gasteiger partial charge in [-0.2, -0.15) is 0 Å². The SMILES string of the molecule is COc1c(C)cc(SCCC(=O)OCCOCCOCCOC(=O)CCSc2cc(C)c(O)c(C(C)(C)C)c2)cc1C(C)(C)C. The van der Waals surface area contributed by atoms with Crippen LogP contribution < -0.4 is 4.74 Å². The molecule has 0 aliphatic carbocycles. The number of hydrogen-bond acceptors (Lipinski definition) is 10. The first-order chi connectivity index (χ1) is 21.1. The molecule has 2 aromatic rings. The Morgan fingerprint density at radius 1 is 0.667 bits per heavy atom. The molecule has 0 amide bonds. The van der Waals surface area contributed by atoms with Gasteiger partial charge in [-0.15, -0.1) is 23.5 Å². The molecule has 2 rings (SSSR count). The van der Waals surface area contributed by atoms with Gasteiger partial charge in [-0.05, 0) is 60.1 Å². The normalized spacial score (nSPS) is 11.8. The molecule has 1 N–H and O–H groups in total. The van der Waals surface area contributed by atoms with E-state index in [1.165, 1.54) is 0 Å². The van der Waals surface area contributed by atoms with Crippen LogP contribution in [-0.4, -0.2) is 75.3 Å². The number of aromatic hydroxyl groups is 1. The van der Waals surface area contributed by atoms with Crippen LogP contribution in [0.2, 0.25) is 0 Å². The molecule has 0 saturated heterocycles. The lowest BCUT2D eigenvalue weighted by molar-refractivity contribution is -0.146. The number of phenols is 1. The number of aryl methyl sites for hydroxylation is 2. The summed E-state index contributed by atoms with van der Waals surface area (Å²) in [6.45, 7) is 18.3. The maximum Gasteiger partial charge on any atom is 0.306 e. The van der Waals surface area contributed by atoms with Crippen molar-refractivity contribution in [1.29, 1.82) is 0 Å². The topological polar surface area (TPSA) is 101 Å². The molecule has 0 radical (unpaired) electrons. The minimum Gasteiger partial charge on any atom is -0.507 e. The van der Waals surface area contributed by atoms with Crippen LogP contribution in [-0.2, 0) is 39.4 Å². The molecule has 0 fully saturated rings. The van der Waals surface area contributed by atoms with Crippen molar-refractivity contribution in [2.24, 2.45) is 0 Å². The third-order valence-electron chi connectivity index (χ3n) is 6.85. The van der Waals surface area contributed by atoms with Gasteiger partial charge < -0.3 is 28.8 Å². The van der Waals surface area contributed by atoms with Crippen LogP contribution in [0.15, 0.2) is 34.1 Å². The number of ether oxygens (including phenoxy) is 5. The largest absolute Gasteiger partial charge is 0.507 e. The molecule has 0 spiro atoms. The summed E-state index contributed by atoms with van der Waals surface area (Å²) in [5.41, 5.74) is 3.75. The number of rotatable bonds is 18. The summed E-state index contributed by atoms with van der Waals surface area (Å²) in [6.07, 6.45) is 0.602. The number of thioether (sulfide) groups is 2. The van der Waals surface area contributed by atoms with Gasteiger partial charge in [-0.25, -0.2) is 0 Å². The molecule has 0 aromatic heterocycles. The van der Waals surface area contributed by atoms with Gasteiger partial charge in [-0.1, -0.05) is 41.5 Å². The molecule has 10 heteroatoms. The summed E-state index contributed by atoms with van der Waals surface area (Å²) in [7, 11) is 1.70. The molecule has 0 aliphatic rings. The van der Waals surface area contributed by atoms with Gasteiger partial charge >= 0.3 is 11.9 Å². The first-order valence-corrected chi connectivity index (χ1v) is 17.4. The molecular formula is C35H52O8S2. The zero-order valence-corrected chi connectivity index (χ0v) is 30.1. The van der Waals surface area contributed by atoms with Crippen LogP contribution in [0.4, 0.5) is 0 Å². The lowest BCUT2D eigenvalue weighted by Gasteiger charge is -2.24. The predicted molar refractivity (Wildman–Crippen MR) is 182 cm³/mol. The monoisotopic (exact) mass is 664 g/mol. The summed E-state index contributed by atoms with van der Waals surface area (Å²) in [5, 5.41) is 10.4. The van der Waals surface area contributed by atoms with Crippen LogP contribution in [0.5, 0.6) is 11.5 Å². The molecule has 0 unspecified atom stereocenters. The van der Waals surface area contributed by atoms with Crippen molar-refractivity contribution >= 4 is 35.5 Å². The second-order valence-corrected chi connectivity index (χ2v) is 15.2. The number of carbonyl (C=O) groups excluding carboxylic acids is 2. The Balaban J connectivity index is 1.50. The zero-order valence-electron chi connectivity index (χ0n) is 28.5. The van der Waals surface area contributed by atoms with Crippen molar-refractivity contribution in [2.75, 3.05) is 58.3 Å². The van der Waals surface area contributed by atoms with Crippen LogP contribution in [0.1, 0.15) is 76.6 Å². The van der Waals surface area contributed by atoms with Crippen molar-refractivity contribution in [2.45, 2.75) is 88.9 Å². The number of benzene rings is 2. The first-order valence-electron chi connectivity index (χ1n) is 15.4. The lowest BCUT2D eigenvalue weighted by atomic mass is 9.85. The Kier molecular flexibility index (Phi) is 16.1. The van der Waals surface area contributed by atoms with Gasteiger partial charge in [0.2, 0.25) is 0 Å². The van der Waals surface area contributed by atoms with E-state index in [9.17, 15) is 14.7 Å². The summed E-state index contributed by atoms with van der Waals surface area (Å²) in [6, 6.07) is 8.16. The van der Waals surface area contributed by atoms with Crippen LogP contribution in [0.25, 0.3) is 0 Å². The van der Waals surface area contributed by atoms with Crippen LogP contribution >= 0.6 is 23.5 Å². The predicted octanol–water partition coefficient (Wildman–Crippen LogP) is 7.40. The first kappa shape index (κ1) is 38.8.